The number of ketones is 1. The van der Waals surface area contributed by atoms with Crippen LogP contribution in [0, 0.1) is 0 Å². The van der Waals surface area contributed by atoms with Gasteiger partial charge in [0.05, 0.1) is 12.8 Å². The maximum atomic E-state index is 13.7. The van der Waals surface area contributed by atoms with E-state index in [0.29, 0.717) is 24.1 Å². The number of carbonyl (C=O) groups excluding carboxylic acids is 1. The first-order chi connectivity index (χ1) is 14.3. The molecule has 6 heteroatoms. The first-order valence-electron chi connectivity index (χ1n) is 10.00. The second-order valence-corrected chi connectivity index (χ2v) is 10.3. The van der Waals surface area contributed by atoms with Crippen LogP contribution in [0.4, 0.5) is 5.69 Å². The van der Waals surface area contributed by atoms with Gasteiger partial charge in [-0.25, -0.2) is 8.42 Å². The Morgan fingerprint density at radius 3 is 2.57 bits per heavy atom. The van der Waals surface area contributed by atoms with Gasteiger partial charge in [0.2, 0.25) is 10.0 Å². The maximum absolute atomic E-state index is 13.7. The molecule has 1 aliphatic heterocycles. The number of fused-ring (bicyclic) bond motifs is 1. The summed E-state index contributed by atoms with van der Waals surface area (Å²) in [6, 6.07) is 14.7. The lowest BCUT2D eigenvalue weighted by atomic mass is 9.90. The summed E-state index contributed by atoms with van der Waals surface area (Å²) in [5.41, 5.74) is 3.02. The molecule has 1 atom stereocenters. The van der Waals surface area contributed by atoms with E-state index in [-0.39, 0.29) is 18.7 Å². The molecule has 2 aromatic carbocycles. The SMILES string of the molecule is COc1ccc(/C=C2\CC=CC(C)(S(=O)(=O)N3CCC(=O)c4ccccc43)C2)cc1. The standard InChI is InChI=1S/C24H25NO4S/c1-24(14-5-6-19(17-24)16-18-9-11-20(29-2)12-10-18)30(27,28)25-15-13-23(26)21-7-3-4-8-22(21)25/h3-5,7-12,14,16H,6,13,15,17H2,1-2H3/b19-16+. The number of hydrogen-bond acceptors (Lipinski definition) is 4. The number of rotatable bonds is 4. The van der Waals surface area contributed by atoms with E-state index in [1.54, 1.807) is 44.4 Å². The van der Waals surface area contributed by atoms with Crippen LogP contribution >= 0.6 is 0 Å². The first-order valence-corrected chi connectivity index (χ1v) is 11.4. The van der Waals surface area contributed by atoms with Gasteiger partial charge in [0.1, 0.15) is 10.5 Å². The van der Waals surface area contributed by atoms with Crippen molar-refractivity contribution in [2.24, 2.45) is 0 Å². The molecule has 0 radical (unpaired) electrons. The van der Waals surface area contributed by atoms with Gasteiger partial charge in [-0.05, 0) is 49.6 Å². The van der Waals surface area contributed by atoms with Crippen LogP contribution in [0.1, 0.15) is 42.1 Å². The summed E-state index contributed by atoms with van der Waals surface area (Å²) in [4.78, 5) is 12.3. The molecule has 1 unspecified atom stereocenters. The molecule has 2 aromatic rings. The number of Topliss-reactive ketones (excluding diaryl/α,β-unsaturated/α-hetero) is 1. The van der Waals surface area contributed by atoms with Crippen molar-refractivity contribution in [2.45, 2.75) is 30.9 Å². The molecule has 0 aromatic heterocycles. The molecule has 0 N–H and O–H groups in total. The second kappa shape index (κ2) is 7.76. The molecule has 1 aliphatic carbocycles. The summed E-state index contributed by atoms with van der Waals surface area (Å²) in [6.07, 6.45) is 7.09. The van der Waals surface area contributed by atoms with Gasteiger partial charge in [0.15, 0.2) is 5.78 Å². The number of anilines is 1. The molecule has 0 amide bonds. The average Bonchev–Trinajstić information content (AvgIpc) is 2.74. The van der Waals surface area contributed by atoms with Crippen molar-refractivity contribution < 1.29 is 17.9 Å². The van der Waals surface area contributed by atoms with E-state index in [0.717, 1.165) is 16.9 Å². The maximum Gasteiger partial charge on any atom is 0.244 e. The molecule has 5 nitrogen and oxygen atoms in total. The number of benzene rings is 2. The quantitative estimate of drug-likeness (QED) is 0.674. The minimum atomic E-state index is -3.72. The highest BCUT2D eigenvalue weighted by Gasteiger charge is 2.45. The largest absolute Gasteiger partial charge is 0.497 e. The van der Waals surface area contributed by atoms with E-state index >= 15 is 0 Å². The molecule has 0 saturated carbocycles. The number of methoxy groups -OCH3 is 1. The fourth-order valence-electron chi connectivity index (χ4n) is 4.15. The predicted molar refractivity (Wildman–Crippen MR) is 119 cm³/mol. The van der Waals surface area contributed by atoms with E-state index in [1.165, 1.54) is 4.31 Å². The van der Waals surface area contributed by atoms with Crippen LogP contribution < -0.4 is 9.04 Å². The minimum Gasteiger partial charge on any atom is -0.497 e. The van der Waals surface area contributed by atoms with Gasteiger partial charge in [-0.2, -0.15) is 0 Å². The fourth-order valence-corrected chi connectivity index (χ4v) is 6.04. The number of sulfonamides is 1. The van der Waals surface area contributed by atoms with E-state index in [1.807, 2.05) is 36.4 Å². The third-order valence-corrected chi connectivity index (χ3v) is 8.23. The lowest BCUT2D eigenvalue weighted by Gasteiger charge is -2.38. The number of para-hydroxylation sites is 1. The number of hydrogen-bond donors (Lipinski definition) is 0. The predicted octanol–water partition coefficient (Wildman–Crippen LogP) is 4.61. The third kappa shape index (κ3) is 3.56. The van der Waals surface area contributed by atoms with Crippen molar-refractivity contribution in [1.82, 2.24) is 0 Å². The highest BCUT2D eigenvalue weighted by Crippen LogP contribution is 2.40. The lowest BCUT2D eigenvalue weighted by Crippen LogP contribution is -2.49. The molecule has 30 heavy (non-hydrogen) atoms. The van der Waals surface area contributed by atoms with Crippen LogP contribution in [0.5, 0.6) is 5.75 Å². The average molecular weight is 424 g/mol. The Labute approximate surface area is 177 Å². The topological polar surface area (TPSA) is 63.7 Å². The highest BCUT2D eigenvalue weighted by molar-refractivity contribution is 7.94. The number of allylic oxidation sites excluding steroid dienone is 2. The molecular formula is C24H25NO4S. The zero-order chi connectivity index (χ0) is 21.4. The van der Waals surface area contributed by atoms with Crippen LogP contribution in [0.2, 0.25) is 0 Å². The van der Waals surface area contributed by atoms with Crippen LogP contribution in [0.25, 0.3) is 6.08 Å². The van der Waals surface area contributed by atoms with E-state index in [4.69, 9.17) is 4.74 Å². The van der Waals surface area contributed by atoms with E-state index in [2.05, 4.69) is 0 Å². The van der Waals surface area contributed by atoms with Crippen molar-refractivity contribution in [3.63, 3.8) is 0 Å². The van der Waals surface area contributed by atoms with E-state index < -0.39 is 14.8 Å². The molecule has 2 aliphatic rings. The van der Waals surface area contributed by atoms with Crippen molar-refractivity contribution >= 4 is 27.6 Å². The third-order valence-electron chi connectivity index (χ3n) is 5.81. The summed E-state index contributed by atoms with van der Waals surface area (Å²) in [5.74, 6) is 0.771. The van der Waals surface area contributed by atoms with Gasteiger partial charge >= 0.3 is 0 Å². The Bertz CT molecular complexity index is 1130. The number of ether oxygens (including phenoxy) is 1. The van der Waals surface area contributed by atoms with Gasteiger partial charge in [-0.3, -0.25) is 9.10 Å². The fraction of sp³-hybridized carbons (Fsp3) is 0.292. The summed E-state index contributed by atoms with van der Waals surface area (Å²) < 4.78 is 33.0. The summed E-state index contributed by atoms with van der Waals surface area (Å²) in [5, 5.41) is 0. The Kier molecular flexibility index (Phi) is 5.28. The number of carbonyl (C=O) groups is 1. The summed E-state index contributed by atoms with van der Waals surface area (Å²) >= 11 is 0. The van der Waals surface area contributed by atoms with Gasteiger partial charge in [-0.15, -0.1) is 0 Å². The lowest BCUT2D eigenvalue weighted by molar-refractivity contribution is 0.0982. The Hall–Kier alpha value is -2.86. The van der Waals surface area contributed by atoms with E-state index in [9.17, 15) is 13.2 Å². The van der Waals surface area contributed by atoms with Gasteiger partial charge in [0, 0.05) is 18.5 Å². The monoisotopic (exact) mass is 423 g/mol. The zero-order valence-electron chi connectivity index (χ0n) is 17.2. The zero-order valence-corrected chi connectivity index (χ0v) is 18.0. The smallest absolute Gasteiger partial charge is 0.244 e. The molecule has 0 spiro atoms. The molecule has 0 saturated heterocycles. The molecule has 1 heterocycles. The minimum absolute atomic E-state index is 0.0125. The van der Waals surface area contributed by atoms with Crippen molar-refractivity contribution in [2.75, 3.05) is 18.0 Å². The first kappa shape index (κ1) is 20.4. The second-order valence-electron chi connectivity index (χ2n) is 7.94. The van der Waals surface area contributed by atoms with Crippen LogP contribution in [0.15, 0.2) is 66.3 Å². The van der Waals surface area contributed by atoms with Crippen molar-refractivity contribution in [3.05, 3.63) is 77.4 Å². The molecule has 156 valence electrons. The van der Waals surface area contributed by atoms with Gasteiger partial charge in [0.25, 0.3) is 0 Å². The van der Waals surface area contributed by atoms with Crippen LogP contribution in [-0.2, 0) is 10.0 Å². The van der Waals surface area contributed by atoms with Crippen molar-refractivity contribution in [3.8, 4) is 5.75 Å². The van der Waals surface area contributed by atoms with Crippen LogP contribution in [-0.4, -0.2) is 32.6 Å². The van der Waals surface area contributed by atoms with Gasteiger partial charge < -0.3 is 4.74 Å². The Balaban J connectivity index is 1.66. The summed E-state index contributed by atoms with van der Waals surface area (Å²) in [6.45, 7) is 1.94. The molecule has 4 rings (SSSR count). The molecule has 0 fully saturated rings. The Morgan fingerprint density at radius 2 is 1.83 bits per heavy atom. The highest BCUT2D eigenvalue weighted by atomic mass is 32.2. The van der Waals surface area contributed by atoms with Gasteiger partial charge in [-0.1, -0.05) is 48.1 Å². The Morgan fingerprint density at radius 1 is 1.10 bits per heavy atom. The molecular weight excluding hydrogens is 398 g/mol. The normalized spacial score (nSPS) is 22.8. The summed E-state index contributed by atoms with van der Waals surface area (Å²) in [7, 11) is -2.10. The number of nitrogens with zero attached hydrogens (tertiary/aromatic N) is 1. The molecule has 0 bridgehead atoms. The van der Waals surface area contributed by atoms with Crippen molar-refractivity contribution in [1.29, 1.82) is 0 Å². The van der Waals surface area contributed by atoms with Crippen LogP contribution in [0.3, 0.4) is 0 Å².